The fourth-order valence-electron chi connectivity index (χ4n) is 6.08. The zero-order valence-electron chi connectivity index (χ0n) is 24.8. The van der Waals surface area contributed by atoms with Gasteiger partial charge in [-0.3, -0.25) is 0 Å². The molecule has 4 atom stereocenters. The van der Waals surface area contributed by atoms with Gasteiger partial charge in [0.2, 0.25) is 0 Å². The molecule has 0 spiro atoms. The Morgan fingerprint density at radius 2 is 1.31 bits per heavy atom. The van der Waals surface area contributed by atoms with Gasteiger partial charge < -0.3 is 9.26 Å². The number of ether oxygens (including phenoxy) is 1. The van der Waals surface area contributed by atoms with Crippen molar-refractivity contribution in [1.29, 1.82) is 0 Å². The third-order valence-corrected chi connectivity index (χ3v) is 10.5. The molecule has 3 nitrogen and oxygen atoms in total. The minimum absolute atomic E-state index is 0.104. The second-order valence-electron chi connectivity index (χ2n) is 11.8. The second-order valence-corrected chi connectivity index (χ2v) is 13.7. The van der Waals surface area contributed by atoms with Crippen molar-refractivity contribution < 1.29 is 14.1 Å². The van der Waals surface area contributed by atoms with Gasteiger partial charge >= 0.3 is 5.97 Å². The molecule has 0 unspecified atom stereocenters. The Morgan fingerprint density at radius 3 is 1.88 bits per heavy atom. The summed E-state index contributed by atoms with van der Waals surface area (Å²) >= 11 is 0. The van der Waals surface area contributed by atoms with Crippen LogP contribution in [-0.4, -0.2) is 12.1 Å². The fraction of sp³-hybridized carbons (Fsp3) is 0.289. The van der Waals surface area contributed by atoms with E-state index in [0.717, 1.165) is 35.4 Å². The average Bonchev–Trinajstić information content (AvgIpc) is 3.03. The number of benzene rings is 4. The molecule has 1 saturated carbocycles. The third-order valence-electron chi connectivity index (χ3n) is 8.50. The third kappa shape index (κ3) is 7.46. The first-order valence-electron chi connectivity index (χ1n) is 15.0. The lowest BCUT2D eigenvalue weighted by molar-refractivity contribution is -0.150. The molecule has 0 heterocycles. The standard InChI is InChI=1S/C38H41O3P/c1-29-24-25-34(38(2,3)31-18-10-5-11-19-31)36(28-29)40-37(39)27-26-35(30-16-8-4-9-17-30)41-42(32-20-12-6-13-21-32)33-22-14-7-15-23-33/h4-23,26-27,29,34-36H,24-25,28H2,1-3H3/b27-26+/t29-,34-,35-,36-/m1/s1. The molecule has 0 aromatic heterocycles. The molecule has 0 saturated heterocycles. The quantitative estimate of drug-likeness (QED) is 0.108. The molecule has 0 N–H and O–H groups in total. The summed E-state index contributed by atoms with van der Waals surface area (Å²) in [6.45, 7) is 6.83. The van der Waals surface area contributed by atoms with Gasteiger partial charge in [-0.25, -0.2) is 4.79 Å². The van der Waals surface area contributed by atoms with E-state index in [1.165, 1.54) is 5.56 Å². The molecule has 4 aromatic rings. The van der Waals surface area contributed by atoms with Crippen molar-refractivity contribution in [3.63, 3.8) is 0 Å². The normalized spacial score (nSPS) is 20.0. The van der Waals surface area contributed by atoms with Crippen molar-refractivity contribution in [2.24, 2.45) is 11.8 Å². The van der Waals surface area contributed by atoms with Crippen LogP contribution in [0.2, 0.25) is 0 Å². The van der Waals surface area contributed by atoms with Crippen molar-refractivity contribution in [3.05, 3.63) is 145 Å². The molecule has 4 heteroatoms. The topological polar surface area (TPSA) is 35.5 Å². The van der Waals surface area contributed by atoms with Gasteiger partial charge in [-0.15, -0.1) is 0 Å². The van der Waals surface area contributed by atoms with Crippen molar-refractivity contribution in [2.45, 2.75) is 57.7 Å². The lowest BCUT2D eigenvalue weighted by atomic mass is 9.64. The zero-order valence-corrected chi connectivity index (χ0v) is 25.7. The second kappa shape index (κ2) is 14.1. The first-order valence-corrected chi connectivity index (χ1v) is 16.2. The maximum absolute atomic E-state index is 13.4. The molecule has 0 aliphatic heterocycles. The lowest BCUT2D eigenvalue weighted by Crippen LogP contribution is -2.43. The molecule has 0 radical (unpaired) electrons. The predicted molar refractivity (Wildman–Crippen MR) is 174 cm³/mol. The fourth-order valence-corrected chi connectivity index (χ4v) is 7.93. The maximum atomic E-state index is 13.4. The van der Waals surface area contributed by atoms with Gasteiger partial charge in [0.1, 0.15) is 12.2 Å². The minimum atomic E-state index is -1.12. The van der Waals surface area contributed by atoms with Crippen molar-refractivity contribution in [2.75, 3.05) is 0 Å². The zero-order chi connectivity index (χ0) is 29.4. The van der Waals surface area contributed by atoms with E-state index < -0.39 is 14.3 Å². The first-order chi connectivity index (χ1) is 20.4. The Labute approximate surface area is 252 Å². The summed E-state index contributed by atoms with van der Waals surface area (Å²) in [7, 11) is -1.12. The Hall–Kier alpha value is -3.52. The van der Waals surface area contributed by atoms with Gasteiger partial charge in [0.25, 0.3) is 0 Å². The van der Waals surface area contributed by atoms with Crippen LogP contribution in [0.3, 0.4) is 0 Å². The molecule has 0 amide bonds. The summed E-state index contributed by atoms with van der Waals surface area (Å²) in [5.41, 5.74) is 2.18. The number of hydrogen-bond acceptors (Lipinski definition) is 3. The Kier molecular flexibility index (Phi) is 10.1. The SMILES string of the molecule is C[C@@H]1CC[C@@H](C(C)(C)c2ccccc2)[C@H](OC(=O)/C=C/[C@@H](OP(c2ccccc2)c2ccccc2)c2ccccc2)C1. The molecule has 5 rings (SSSR count). The Balaban J connectivity index is 1.38. The van der Waals surface area contributed by atoms with Gasteiger partial charge in [0, 0.05) is 22.6 Å². The summed E-state index contributed by atoms with van der Waals surface area (Å²) in [4.78, 5) is 13.4. The summed E-state index contributed by atoms with van der Waals surface area (Å²) in [5.74, 6) is 0.463. The van der Waals surface area contributed by atoms with Gasteiger partial charge in [-0.05, 0) is 41.4 Å². The molecule has 0 bridgehead atoms. The van der Waals surface area contributed by atoms with E-state index in [9.17, 15) is 4.79 Å². The predicted octanol–water partition coefficient (Wildman–Crippen LogP) is 8.67. The van der Waals surface area contributed by atoms with Crippen LogP contribution in [0.15, 0.2) is 133 Å². The molecule has 1 aliphatic carbocycles. The van der Waals surface area contributed by atoms with E-state index in [-0.39, 0.29) is 23.4 Å². The van der Waals surface area contributed by atoms with Crippen LogP contribution in [0.25, 0.3) is 0 Å². The van der Waals surface area contributed by atoms with Crippen LogP contribution >= 0.6 is 8.15 Å². The van der Waals surface area contributed by atoms with Crippen molar-refractivity contribution in [1.82, 2.24) is 0 Å². The molecule has 42 heavy (non-hydrogen) atoms. The maximum Gasteiger partial charge on any atom is 0.330 e. The summed E-state index contributed by atoms with van der Waals surface area (Å²) in [6, 6.07) is 41.4. The van der Waals surface area contributed by atoms with Crippen LogP contribution in [0.5, 0.6) is 0 Å². The Morgan fingerprint density at radius 1 is 0.786 bits per heavy atom. The Bertz CT molecular complexity index is 1380. The molecular formula is C38H41O3P. The van der Waals surface area contributed by atoms with Crippen LogP contribution in [-0.2, 0) is 19.5 Å². The number of carbonyl (C=O) groups excluding carboxylic acids is 1. The largest absolute Gasteiger partial charge is 0.459 e. The van der Waals surface area contributed by atoms with E-state index in [2.05, 4.69) is 75.4 Å². The van der Waals surface area contributed by atoms with E-state index in [1.54, 1.807) is 6.08 Å². The van der Waals surface area contributed by atoms with Gasteiger partial charge in [0.15, 0.2) is 0 Å². The number of rotatable bonds is 10. The summed E-state index contributed by atoms with van der Waals surface area (Å²) in [6.07, 6.45) is 5.97. The molecule has 216 valence electrons. The van der Waals surface area contributed by atoms with E-state index in [0.29, 0.717) is 5.92 Å². The monoisotopic (exact) mass is 576 g/mol. The van der Waals surface area contributed by atoms with Crippen LogP contribution < -0.4 is 10.6 Å². The number of esters is 1. The minimum Gasteiger partial charge on any atom is -0.459 e. The van der Waals surface area contributed by atoms with E-state index in [4.69, 9.17) is 9.26 Å². The molecule has 4 aromatic carbocycles. The van der Waals surface area contributed by atoms with Gasteiger partial charge in [0.05, 0.1) is 8.15 Å². The van der Waals surface area contributed by atoms with Gasteiger partial charge in [-0.2, -0.15) is 0 Å². The van der Waals surface area contributed by atoms with Crippen molar-refractivity contribution >= 4 is 24.7 Å². The number of carbonyl (C=O) groups is 1. The van der Waals surface area contributed by atoms with E-state index in [1.807, 2.05) is 72.8 Å². The molecular weight excluding hydrogens is 535 g/mol. The number of hydrogen-bond donors (Lipinski definition) is 0. The lowest BCUT2D eigenvalue weighted by Gasteiger charge is -2.43. The van der Waals surface area contributed by atoms with Crippen LogP contribution in [0.4, 0.5) is 0 Å². The highest BCUT2D eigenvalue weighted by atomic mass is 31.1. The highest BCUT2D eigenvalue weighted by molar-refractivity contribution is 7.68. The van der Waals surface area contributed by atoms with Crippen LogP contribution in [0.1, 0.15) is 57.3 Å². The average molecular weight is 577 g/mol. The first kappa shape index (κ1) is 30.0. The molecule has 1 aliphatic rings. The van der Waals surface area contributed by atoms with Gasteiger partial charge in [-0.1, -0.05) is 149 Å². The smallest absolute Gasteiger partial charge is 0.330 e. The van der Waals surface area contributed by atoms with Crippen molar-refractivity contribution in [3.8, 4) is 0 Å². The highest BCUT2D eigenvalue weighted by Gasteiger charge is 2.41. The molecule has 1 fully saturated rings. The van der Waals surface area contributed by atoms with Crippen LogP contribution in [0, 0.1) is 11.8 Å². The van der Waals surface area contributed by atoms with E-state index >= 15 is 0 Å². The highest BCUT2D eigenvalue weighted by Crippen LogP contribution is 2.44. The summed E-state index contributed by atoms with van der Waals surface area (Å²) in [5, 5.41) is 2.25. The summed E-state index contributed by atoms with van der Waals surface area (Å²) < 4.78 is 13.1.